The van der Waals surface area contributed by atoms with E-state index in [2.05, 4.69) is 5.32 Å². The molecule has 1 N–H and O–H groups in total. The van der Waals surface area contributed by atoms with Crippen LogP contribution in [0.2, 0.25) is 8.67 Å². The fraction of sp³-hybridized carbons (Fsp3) is 0.250. The zero-order chi connectivity index (χ0) is 17.0. The van der Waals surface area contributed by atoms with Gasteiger partial charge in [-0.05, 0) is 44.2 Å². The molecule has 1 aromatic carbocycles. The van der Waals surface area contributed by atoms with Crippen molar-refractivity contribution in [2.45, 2.75) is 13.8 Å². The highest BCUT2D eigenvalue weighted by Gasteiger charge is 2.15. The molecule has 1 aromatic heterocycles. The first-order chi connectivity index (χ1) is 11.0. The molecule has 0 saturated heterocycles. The third-order valence-electron chi connectivity index (χ3n) is 3.34. The van der Waals surface area contributed by atoms with Crippen LogP contribution < -0.4 is 5.32 Å². The molecule has 0 saturated carbocycles. The van der Waals surface area contributed by atoms with Gasteiger partial charge in [-0.3, -0.25) is 9.59 Å². The summed E-state index contributed by atoms with van der Waals surface area (Å²) in [6, 6.07) is 8.30. The summed E-state index contributed by atoms with van der Waals surface area (Å²) in [5.41, 5.74) is 1.51. The Labute approximate surface area is 149 Å². The Balaban J connectivity index is 2.09. The topological polar surface area (TPSA) is 49.4 Å². The van der Waals surface area contributed by atoms with E-state index in [9.17, 15) is 9.59 Å². The van der Waals surface area contributed by atoms with Crippen molar-refractivity contribution in [3.63, 3.8) is 0 Å². The Bertz CT molecular complexity index is 709. The van der Waals surface area contributed by atoms with E-state index >= 15 is 0 Å². The Morgan fingerprint density at radius 1 is 1.13 bits per heavy atom. The molecule has 0 aliphatic carbocycles. The number of carbonyl (C=O) groups excluding carboxylic acids is 2. The van der Waals surface area contributed by atoms with Crippen LogP contribution in [0.5, 0.6) is 0 Å². The minimum Gasteiger partial charge on any atom is -0.339 e. The van der Waals surface area contributed by atoms with Crippen LogP contribution in [-0.4, -0.2) is 29.8 Å². The maximum atomic E-state index is 12.2. The lowest BCUT2D eigenvalue weighted by molar-refractivity contribution is 0.0773. The standard InChI is InChI=1S/C16H16Cl2N2O2S/c1-3-20(4-2)16(22)10-5-7-11(8-6-10)19-15(21)12-9-13(17)23-14(12)18/h5-9H,3-4H2,1-2H3,(H,19,21). The second kappa shape index (κ2) is 7.81. The molecule has 7 heteroatoms. The van der Waals surface area contributed by atoms with E-state index in [0.29, 0.717) is 38.6 Å². The number of rotatable bonds is 5. The lowest BCUT2D eigenvalue weighted by atomic mass is 10.1. The van der Waals surface area contributed by atoms with Crippen LogP contribution in [0, 0.1) is 0 Å². The first-order valence-electron chi connectivity index (χ1n) is 7.11. The largest absolute Gasteiger partial charge is 0.339 e. The van der Waals surface area contributed by atoms with Gasteiger partial charge in [-0.2, -0.15) is 0 Å². The van der Waals surface area contributed by atoms with Crippen LogP contribution in [0.1, 0.15) is 34.6 Å². The quantitative estimate of drug-likeness (QED) is 0.822. The molecule has 0 unspecified atom stereocenters. The predicted octanol–water partition coefficient (Wildman–Crippen LogP) is 4.79. The number of hydrogen-bond donors (Lipinski definition) is 1. The highest BCUT2D eigenvalue weighted by Crippen LogP contribution is 2.31. The van der Waals surface area contributed by atoms with Crippen LogP contribution in [-0.2, 0) is 0 Å². The van der Waals surface area contributed by atoms with Gasteiger partial charge in [0.2, 0.25) is 0 Å². The normalized spacial score (nSPS) is 10.4. The monoisotopic (exact) mass is 370 g/mol. The van der Waals surface area contributed by atoms with E-state index in [1.807, 2.05) is 13.8 Å². The van der Waals surface area contributed by atoms with Gasteiger partial charge in [0.15, 0.2) is 0 Å². The van der Waals surface area contributed by atoms with Crippen molar-refractivity contribution < 1.29 is 9.59 Å². The van der Waals surface area contributed by atoms with Gasteiger partial charge < -0.3 is 10.2 Å². The predicted molar refractivity (Wildman–Crippen MR) is 96.0 cm³/mol. The summed E-state index contributed by atoms with van der Waals surface area (Å²) < 4.78 is 0.807. The second-order valence-corrected chi connectivity index (χ2v) is 7.03. The molecule has 0 aliphatic rings. The summed E-state index contributed by atoms with van der Waals surface area (Å²) in [6.07, 6.45) is 0. The van der Waals surface area contributed by atoms with Crippen molar-refractivity contribution in [2.75, 3.05) is 18.4 Å². The van der Waals surface area contributed by atoms with Gasteiger partial charge in [0, 0.05) is 24.3 Å². The van der Waals surface area contributed by atoms with Crippen molar-refractivity contribution in [1.29, 1.82) is 0 Å². The smallest absolute Gasteiger partial charge is 0.258 e. The number of nitrogens with zero attached hydrogens (tertiary/aromatic N) is 1. The Kier molecular flexibility index (Phi) is 6.04. The molecule has 0 bridgehead atoms. The number of hydrogen-bond acceptors (Lipinski definition) is 3. The van der Waals surface area contributed by atoms with E-state index in [1.54, 1.807) is 29.2 Å². The van der Waals surface area contributed by atoms with Crippen molar-refractivity contribution in [2.24, 2.45) is 0 Å². The van der Waals surface area contributed by atoms with Gasteiger partial charge in [0.1, 0.15) is 4.34 Å². The summed E-state index contributed by atoms with van der Waals surface area (Å²) in [7, 11) is 0. The van der Waals surface area contributed by atoms with E-state index in [0.717, 1.165) is 11.3 Å². The van der Waals surface area contributed by atoms with Crippen LogP contribution in [0.25, 0.3) is 0 Å². The van der Waals surface area contributed by atoms with E-state index in [1.165, 1.54) is 6.07 Å². The van der Waals surface area contributed by atoms with E-state index < -0.39 is 0 Å². The zero-order valence-corrected chi connectivity index (χ0v) is 15.1. The summed E-state index contributed by atoms with van der Waals surface area (Å²) in [4.78, 5) is 26.1. The first kappa shape index (κ1) is 17.8. The van der Waals surface area contributed by atoms with Crippen LogP contribution in [0.3, 0.4) is 0 Å². The van der Waals surface area contributed by atoms with Crippen molar-refractivity contribution in [1.82, 2.24) is 4.90 Å². The molecule has 2 rings (SSSR count). The van der Waals surface area contributed by atoms with Gasteiger partial charge in [-0.25, -0.2) is 0 Å². The van der Waals surface area contributed by atoms with Gasteiger partial charge in [-0.15, -0.1) is 11.3 Å². The third kappa shape index (κ3) is 4.25. The first-order valence-corrected chi connectivity index (χ1v) is 8.69. The Morgan fingerprint density at radius 3 is 2.22 bits per heavy atom. The highest BCUT2D eigenvalue weighted by atomic mass is 35.5. The molecule has 2 aromatic rings. The minimum absolute atomic E-state index is 0.0273. The van der Waals surface area contributed by atoms with Crippen LogP contribution >= 0.6 is 34.5 Å². The SMILES string of the molecule is CCN(CC)C(=O)c1ccc(NC(=O)c2cc(Cl)sc2Cl)cc1. The Morgan fingerprint density at radius 2 is 1.74 bits per heavy atom. The molecular weight excluding hydrogens is 355 g/mol. The number of benzene rings is 1. The molecule has 0 fully saturated rings. The van der Waals surface area contributed by atoms with E-state index in [4.69, 9.17) is 23.2 Å². The number of anilines is 1. The number of thiophene rings is 1. The molecule has 4 nitrogen and oxygen atoms in total. The molecular formula is C16H16Cl2N2O2S. The minimum atomic E-state index is -0.332. The van der Waals surface area contributed by atoms with Crippen molar-refractivity contribution >= 4 is 52.0 Å². The zero-order valence-electron chi connectivity index (χ0n) is 12.7. The van der Waals surface area contributed by atoms with E-state index in [-0.39, 0.29) is 11.8 Å². The second-order valence-electron chi connectivity index (χ2n) is 4.75. The maximum absolute atomic E-state index is 12.2. The molecule has 122 valence electrons. The fourth-order valence-corrected chi connectivity index (χ4v) is 3.54. The fourth-order valence-electron chi connectivity index (χ4n) is 2.08. The summed E-state index contributed by atoms with van der Waals surface area (Å²) in [5, 5.41) is 2.74. The van der Waals surface area contributed by atoms with Gasteiger partial charge >= 0.3 is 0 Å². The molecule has 0 aliphatic heterocycles. The molecule has 0 radical (unpaired) electrons. The maximum Gasteiger partial charge on any atom is 0.258 e. The number of amides is 2. The number of carbonyl (C=O) groups is 2. The number of halogens is 2. The van der Waals surface area contributed by atoms with Crippen molar-refractivity contribution in [3.8, 4) is 0 Å². The van der Waals surface area contributed by atoms with Gasteiger partial charge in [-0.1, -0.05) is 23.2 Å². The molecule has 23 heavy (non-hydrogen) atoms. The van der Waals surface area contributed by atoms with Crippen molar-refractivity contribution in [3.05, 3.63) is 50.1 Å². The van der Waals surface area contributed by atoms with Gasteiger partial charge in [0.05, 0.1) is 9.90 Å². The third-order valence-corrected chi connectivity index (χ3v) is 4.83. The Hall–Kier alpha value is -1.56. The van der Waals surface area contributed by atoms with Crippen LogP contribution in [0.15, 0.2) is 30.3 Å². The summed E-state index contributed by atoms with van der Waals surface area (Å²) >= 11 is 12.9. The average molecular weight is 371 g/mol. The van der Waals surface area contributed by atoms with Crippen LogP contribution in [0.4, 0.5) is 5.69 Å². The molecule has 0 atom stereocenters. The summed E-state index contributed by atoms with van der Waals surface area (Å²) in [5.74, 6) is -0.360. The molecule has 2 amide bonds. The summed E-state index contributed by atoms with van der Waals surface area (Å²) in [6.45, 7) is 5.19. The van der Waals surface area contributed by atoms with Gasteiger partial charge in [0.25, 0.3) is 11.8 Å². The molecule has 1 heterocycles. The number of nitrogens with one attached hydrogen (secondary N) is 1. The lowest BCUT2D eigenvalue weighted by Gasteiger charge is -2.18. The average Bonchev–Trinajstić information content (AvgIpc) is 2.88. The highest BCUT2D eigenvalue weighted by molar-refractivity contribution is 7.20. The lowest BCUT2D eigenvalue weighted by Crippen LogP contribution is -2.30. The molecule has 0 spiro atoms.